The van der Waals surface area contributed by atoms with E-state index < -0.39 is 0 Å². The maximum atomic E-state index is 3.92. The summed E-state index contributed by atoms with van der Waals surface area (Å²) in [5.74, 6) is 0. The third-order valence-electron chi connectivity index (χ3n) is 1.20. The summed E-state index contributed by atoms with van der Waals surface area (Å²) in [4.78, 5) is 3.92. The summed E-state index contributed by atoms with van der Waals surface area (Å²) in [5.41, 5.74) is 6.70. The van der Waals surface area contributed by atoms with Gasteiger partial charge in [0.2, 0.25) is 0 Å². The maximum absolute atomic E-state index is 3.92. The van der Waals surface area contributed by atoms with E-state index in [1.165, 1.54) is 0 Å². The summed E-state index contributed by atoms with van der Waals surface area (Å²) >= 11 is 0. The summed E-state index contributed by atoms with van der Waals surface area (Å²) in [6.07, 6.45) is 7.15. The van der Waals surface area contributed by atoms with E-state index in [-0.39, 0.29) is 0 Å². The predicted molar refractivity (Wildman–Crippen MR) is 34.5 cm³/mol. The molecule has 9 heavy (non-hydrogen) atoms. The van der Waals surface area contributed by atoms with Gasteiger partial charge >= 0.3 is 0 Å². The Morgan fingerprint density at radius 1 is 1.44 bits per heavy atom. The number of rotatable bonds is 0. The number of imidazole rings is 1. The van der Waals surface area contributed by atoms with Crippen molar-refractivity contribution in [1.82, 2.24) is 9.55 Å². The molecule has 1 aromatic rings. The molecule has 0 radical (unpaired) electrons. The predicted octanol–water partition coefficient (Wildman–Crippen LogP) is 1.13. The minimum absolute atomic E-state index is 1.05. The fraction of sp³-hybridized carbons (Fsp3) is 0. The highest BCUT2D eigenvalue weighted by Gasteiger charge is 1.93. The molecule has 0 atom stereocenters. The average Bonchev–Trinajstić information content (AvgIpc) is 2.33. The van der Waals surface area contributed by atoms with Crippen LogP contribution in [0.15, 0.2) is 24.0 Å². The first kappa shape index (κ1) is 4.39. The Hall–Kier alpha value is -1.49. The molecule has 1 aromatic heterocycles. The van der Waals surface area contributed by atoms with Crippen molar-refractivity contribution in [3.05, 3.63) is 29.7 Å². The molecule has 2 heterocycles. The molecular formula is C7H4N2. The number of hydrogen-bond acceptors (Lipinski definition) is 1. The molecule has 0 spiro atoms. The number of aromatic nitrogens is 2. The smallest absolute Gasteiger partial charge is 0.0997 e. The fourth-order valence-corrected chi connectivity index (χ4v) is 0.757. The average molecular weight is 116 g/mol. The molecule has 2 nitrogen and oxygen atoms in total. The normalized spacial score (nSPS) is 12.0. The van der Waals surface area contributed by atoms with E-state index >= 15 is 0 Å². The lowest BCUT2D eigenvalue weighted by Gasteiger charge is -1.93. The van der Waals surface area contributed by atoms with Crippen LogP contribution in [0.2, 0.25) is 0 Å². The summed E-state index contributed by atoms with van der Waals surface area (Å²) in [7, 11) is 0. The van der Waals surface area contributed by atoms with Crippen LogP contribution >= 0.6 is 0 Å². The topological polar surface area (TPSA) is 17.8 Å². The number of nitrogens with zero attached hydrogens (tertiary/aromatic N) is 2. The third-order valence-corrected chi connectivity index (χ3v) is 1.20. The number of hydrogen-bond donors (Lipinski definition) is 0. The van der Waals surface area contributed by atoms with Crippen LogP contribution in [-0.2, 0) is 0 Å². The van der Waals surface area contributed by atoms with Crippen molar-refractivity contribution >= 4 is 12.3 Å². The molecule has 2 heteroatoms. The Balaban J connectivity index is 2.79. The van der Waals surface area contributed by atoms with Gasteiger partial charge in [0.05, 0.1) is 24.4 Å². The van der Waals surface area contributed by atoms with E-state index in [2.05, 4.69) is 16.4 Å². The number of fused-ring (bicyclic) bond motifs is 1. The molecule has 0 aliphatic carbocycles. The van der Waals surface area contributed by atoms with Gasteiger partial charge in [-0.2, -0.15) is 0 Å². The lowest BCUT2D eigenvalue weighted by molar-refractivity contribution is 1.12. The van der Waals surface area contributed by atoms with Crippen LogP contribution in [0.1, 0.15) is 5.69 Å². The van der Waals surface area contributed by atoms with Gasteiger partial charge in [0, 0.05) is 6.08 Å². The van der Waals surface area contributed by atoms with Gasteiger partial charge in [-0.15, -0.1) is 0 Å². The van der Waals surface area contributed by atoms with Gasteiger partial charge in [-0.25, -0.2) is 4.98 Å². The van der Waals surface area contributed by atoms with E-state index in [0.717, 1.165) is 5.69 Å². The molecule has 42 valence electrons. The molecule has 1 aliphatic heterocycles. The molecule has 0 N–H and O–H groups in total. The Bertz CT molecular complexity index is 290. The largest absolute Gasteiger partial charge is 0.298 e. The van der Waals surface area contributed by atoms with Gasteiger partial charge in [0.15, 0.2) is 0 Å². The SMILES string of the molecule is C1=C=Cn2cncc2C=1. The molecule has 0 saturated carbocycles. The molecule has 2 rings (SSSR count). The zero-order valence-corrected chi connectivity index (χ0v) is 4.70. The van der Waals surface area contributed by atoms with Gasteiger partial charge < -0.3 is 0 Å². The van der Waals surface area contributed by atoms with Crippen LogP contribution in [0, 0.1) is 0 Å². The highest BCUT2D eigenvalue weighted by atomic mass is 15.0. The lowest BCUT2D eigenvalue weighted by Crippen LogP contribution is -1.85. The lowest BCUT2D eigenvalue weighted by atomic mass is 10.4. The summed E-state index contributed by atoms with van der Waals surface area (Å²) in [5, 5.41) is 0. The standard InChI is InChI=1S/C7H4N2/c1-2-4-9-6-8-5-7(9)3-1/h3-6H. The van der Waals surface area contributed by atoms with Crippen LogP contribution in [0.5, 0.6) is 0 Å². The quantitative estimate of drug-likeness (QED) is 0.472. The van der Waals surface area contributed by atoms with E-state index in [4.69, 9.17) is 0 Å². The minimum atomic E-state index is 1.05. The molecular weight excluding hydrogens is 112 g/mol. The molecule has 0 bridgehead atoms. The van der Waals surface area contributed by atoms with Crippen LogP contribution in [-0.4, -0.2) is 9.55 Å². The van der Waals surface area contributed by atoms with Crippen molar-refractivity contribution in [1.29, 1.82) is 0 Å². The van der Waals surface area contributed by atoms with Crippen molar-refractivity contribution in [3.63, 3.8) is 0 Å². The molecule has 0 amide bonds. The Morgan fingerprint density at radius 3 is 3.33 bits per heavy atom. The zero-order chi connectivity index (χ0) is 6.10. The molecule has 0 aromatic carbocycles. The monoisotopic (exact) mass is 116 g/mol. The fourth-order valence-electron chi connectivity index (χ4n) is 0.757. The van der Waals surface area contributed by atoms with Crippen molar-refractivity contribution < 1.29 is 0 Å². The zero-order valence-electron chi connectivity index (χ0n) is 4.70. The highest BCUT2D eigenvalue weighted by Crippen LogP contribution is 2.03. The first-order chi connectivity index (χ1) is 4.47. The highest BCUT2D eigenvalue weighted by molar-refractivity contribution is 5.50. The maximum Gasteiger partial charge on any atom is 0.0997 e. The molecule has 0 fully saturated rings. The van der Waals surface area contributed by atoms with Gasteiger partial charge in [-0.3, -0.25) is 4.57 Å². The van der Waals surface area contributed by atoms with Crippen LogP contribution in [0.4, 0.5) is 0 Å². The minimum Gasteiger partial charge on any atom is -0.298 e. The first-order valence-corrected chi connectivity index (χ1v) is 2.66. The third kappa shape index (κ3) is 0.550. The van der Waals surface area contributed by atoms with Crippen molar-refractivity contribution in [2.45, 2.75) is 0 Å². The van der Waals surface area contributed by atoms with E-state index in [0.29, 0.717) is 0 Å². The molecule has 0 unspecified atom stereocenters. The second-order valence-corrected chi connectivity index (χ2v) is 1.79. The Kier molecular flexibility index (Phi) is 0.729. The van der Waals surface area contributed by atoms with Gasteiger partial charge in [0.25, 0.3) is 0 Å². The Labute approximate surface area is 52.5 Å². The van der Waals surface area contributed by atoms with Crippen LogP contribution < -0.4 is 0 Å². The van der Waals surface area contributed by atoms with E-state index in [1.54, 1.807) is 18.7 Å². The van der Waals surface area contributed by atoms with Gasteiger partial charge in [-0.1, -0.05) is 11.5 Å². The summed E-state index contributed by atoms with van der Waals surface area (Å²) in [6, 6.07) is 0. The van der Waals surface area contributed by atoms with Crippen LogP contribution in [0.3, 0.4) is 0 Å². The summed E-state index contributed by atoms with van der Waals surface area (Å²) < 4.78 is 1.89. The Morgan fingerprint density at radius 2 is 2.44 bits per heavy atom. The second-order valence-electron chi connectivity index (χ2n) is 1.79. The summed E-state index contributed by atoms with van der Waals surface area (Å²) in [6.45, 7) is 0. The second kappa shape index (κ2) is 1.49. The van der Waals surface area contributed by atoms with Crippen LogP contribution in [0.25, 0.3) is 12.3 Å². The van der Waals surface area contributed by atoms with Gasteiger partial charge in [0.1, 0.15) is 0 Å². The van der Waals surface area contributed by atoms with Gasteiger partial charge in [-0.05, 0) is 0 Å². The van der Waals surface area contributed by atoms with E-state index in [9.17, 15) is 0 Å². The van der Waals surface area contributed by atoms with Crippen molar-refractivity contribution in [2.24, 2.45) is 0 Å². The first-order valence-electron chi connectivity index (χ1n) is 2.66. The van der Waals surface area contributed by atoms with Crippen molar-refractivity contribution in [2.75, 3.05) is 0 Å². The molecule has 0 saturated heterocycles. The van der Waals surface area contributed by atoms with E-state index in [1.807, 2.05) is 10.6 Å². The van der Waals surface area contributed by atoms with Crippen molar-refractivity contribution in [3.8, 4) is 0 Å². The molecule has 1 aliphatic rings.